The zero-order valence-corrected chi connectivity index (χ0v) is 11.0. The zero-order chi connectivity index (χ0) is 12.1. The van der Waals surface area contributed by atoms with E-state index in [4.69, 9.17) is 0 Å². The molecule has 0 heterocycles. The first-order valence-electron chi connectivity index (χ1n) is 5.47. The van der Waals surface area contributed by atoms with Gasteiger partial charge in [0.15, 0.2) is 0 Å². The maximum Gasteiger partial charge on any atom is 0.0227 e. The Kier molecular flexibility index (Phi) is 21.3. The van der Waals surface area contributed by atoms with Crippen molar-refractivity contribution in [3.05, 3.63) is 35.9 Å². The number of hydrogen-bond donors (Lipinski definition) is 1. The van der Waals surface area contributed by atoms with Crippen LogP contribution in [0.5, 0.6) is 0 Å². The fraction of sp³-hybridized carbons (Fsp3) is 0.571. The predicted octanol–water partition coefficient (Wildman–Crippen LogP) is 3.25. The number of benzene rings is 1. The molecule has 16 heavy (non-hydrogen) atoms. The van der Waals surface area contributed by atoms with Crippen molar-refractivity contribution >= 4 is 0 Å². The first-order chi connectivity index (χ1) is 7.20. The summed E-state index contributed by atoms with van der Waals surface area (Å²) in [6, 6.07) is 10.5. The quantitative estimate of drug-likeness (QED) is 0.833. The number of nitrogens with zero attached hydrogens (tertiary/aromatic N) is 1. The second-order valence-electron chi connectivity index (χ2n) is 3.22. The van der Waals surface area contributed by atoms with Gasteiger partial charge in [0.2, 0.25) is 0 Å². The van der Waals surface area contributed by atoms with Gasteiger partial charge in [0, 0.05) is 6.54 Å². The summed E-state index contributed by atoms with van der Waals surface area (Å²) < 4.78 is 0. The van der Waals surface area contributed by atoms with E-state index in [2.05, 4.69) is 48.6 Å². The molecule has 0 saturated heterocycles. The Labute approximate surface area is 103 Å². The van der Waals surface area contributed by atoms with Crippen LogP contribution in [0.4, 0.5) is 0 Å². The molecule has 96 valence electrons. The van der Waals surface area contributed by atoms with Crippen LogP contribution in [0.3, 0.4) is 0 Å². The molecule has 0 spiro atoms. The van der Waals surface area contributed by atoms with Gasteiger partial charge in [0.1, 0.15) is 0 Å². The molecule has 0 aromatic heterocycles. The standard InChI is InChI=1S/C9H13N.C2H7N.C2H6.CH4/c1-10(2)8-9-6-4-3-5-7-9;1-3-2;1-2;/h3-7H,8H2,1-2H3;3H,1-2H3;1-2H3;1H4. The van der Waals surface area contributed by atoms with Crippen molar-refractivity contribution < 1.29 is 0 Å². The van der Waals surface area contributed by atoms with Crippen LogP contribution < -0.4 is 5.32 Å². The number of rotatable bonds is 2. The highest BCUT2D eigenvalue weighted by molar-refractivity contribution is 5.14. The average Bonchev–Trinajstić information content (AvgIpc) is 2.22. The summed E-state index contributed by atoms with van der Waals surface area (Å²) in [5.41, 5.74) is 1.37. The molecule has 0 fully saturated rings. The van der Waals surface area contributed by atoms with Crippen LogP contribution in [-0.4, -0.2) is 33.1 Å². The lowest BCUT2D eigenvalue weighted by atomic mass is 10.2. The molecule has 1 N–H and O–H groups in total. The topological polar surface area (TPSA) is 15.3 Å². The van der Waals surface area contributed by atoms with E-state index in [1.165, 1.54) is 5.56 Å². The van der Waals surface area contributed by atoms with Gasteiger partial charge in [0.25, 0.3) is 0 Å². The molecule has 0 saturated carbocycles. The summed E-state index contributed by atoms with van der Waals surface area (Å²) in [5.74, 6) is 0. The van der Waals surface area contributed by atoms with Gasteiger partial charge in [-0.1, -0.05) is 51.6 Å². The van der Waals surface area contributed by atoms with E-state index in [9.17, 15) is 0 Å². The summed E-state index contributed by atoms with van der Waals surface area (Å²) >= 11 is 0. The Bertz CT molecular complexity index is 195. The molecule has 0 radical (unpaired) electrons. The van der Waals surface area contributed by atoms with E-state index in [1.54, 1.807) is 0 Å². The minimum Gasteiger partial charge on any atom is -0.323 e. The largest absolute Gasteiger partial charge is 0.323 e. The van der Waals surface area contributed by atoms with Crippen LogP contribution in [0.1, 0.15) is 26.8 Å². The molecular formula is C14H30N2. The smallest absolute Gasteiger partial charge is 0.0227 e. The molecule has 0 aliphatic carbocycles. The summed E-state index contributed by atoms with van der Waals surface area (Å²) in [4.78, 5) is 2.16. The van der Waals surface area contributed by atoms with Crippen molar-refractivity contribution in [2.75, 3.05) is 28.2 Å². The highest BCUT2D eigenvalue weighted by Crippen LogP contribution is 1.99. The fourth-order valence-electron chi connectivity index (χ4n) is 0.949. The highest BCUT2D eigenvalue weighted by atomic mass is 15.0. The van der Waals surface area contributed by atoms with Gasteiger partial charge in [0.05, 0.1) is 0 Å². The summed E-state index contributed by atoms with van der Waals surface area (Å²) in [7, 11) is 7.90. The molecule has 0 unspecified atom stereocenters. The summed E-state index contributed by atoms with van der Waals surface area (Å²) in [6.45, 7) is 5.03. The van der Waals surface area contributed by atoms with Crippen molar-refractivity contribution in [3.63, 3.8) is 0 Å². The van der Waals surface area contributed by atoms with Crippen LogP contribution in [-0.2, 0) is 6.54 Å². The van der Waals surface area contributed by atoms with E-state index in [0.717, 1.165) is 6.54 Å². The zero-order valence-electron chi connectivity index (χ0n) is 11.0. The number of hydrogen-bond acceptors (Lipinski definition) is 2. The maximum atomic E-state index is 2.75. The molecule has 2 heteroatoms. The van der Waals surface area contributed by atoms with Gasteiger partial charge >= 0.3 is 0 Å². The van der Waals surface area contributed by atoms with E-state index in [-0.39, 0.29) is 7.43 Å². The number of nitrogens with one attached hydrogen (secondary N) is 1. The SMILES string of the molecule is C.CC.CN(C)Cc1ccccc1.CNC. The normalized spacial score (nSPS) is 7.94. The molecule has 1 aromatic carbocycles. The summed E-state index contributed by atoms with van der Waals surface area (Å²) in [6.07, 6.45) is 0. The highest BCUT2D eigenvalue weighted by Gasteiger charge is 1.90. The third-order valence-electron chi connectivity index (χ3n) is 1.34. The van der Waals surface area contributed by atoms with Gasteiger partial charge in [-0.25, -0.2) is 0 Å². The van der Waals surface area contributed by atoms with Crippen molar-refractivity contribution in [3.8, 4) is 0 Å². The van der Waals surface area contributed by atoms with E-state index in [1.807, 2.05) is 34.0 Å². The lowest BCUT2D eigenvalue weighted by Crippen LogP contribution is -2.10. The van der Waals surface area contributed by atoms with Crippen molar-refractivity contribution in [1.29, 1.82) is 0 Å². The Morgan fingerprint density at radius 2 is 1.38 bits per heavy atom. The maximum absolute atomic E-state index is 2.75. The Morgan fingerprint density at radius 1 is 1.00 bits per heavy atom. The van der Waals surface area contributed by atoms with E-state index < -0.39 is 0 Å². The monoisotopic (exact) mass is 226 g/mol. The second kappa shape index (κ2) is 16.6. The first kappa shape index (κ1) is 20.5. The summed E-state index contributed by atoms with van der Waals surface area (Å²) in [5, 5.41) is 2.75. The third kappa shape index (κ3) is 15.6. The molecule has 1 aromatic rings. The lowest BCUT2D eigenvalue weighted by Gasteiger charge is -2.08. The van der Waals surface area contributed by atoms with Crippen molar-refractivity contribution in [1.82, 2.24) is 10.2 Å². The van der Waals surface area contributed by atoms with E-state index in [0.29, 0.717) is 0 Å². The van der Waals surface area contributed by atoms with Crippen LogP contribution >= 0.6 is 0 Å². The Hall–Kier alpha value is -0.860. The molecule has 0 amide bonds. The predicted molar refractivity (Wildman–Crippen MR) is 76.9 cm³/mol. The Balaban J connectivity index is -0.000000246. The fourth-order valence-corrected chi connectivity index (χ4v) is 0.949. The third-order valence-corrected chi connectivity index (χ3v) is 1.34. The molecule has 0 atom stereocenters. The van der Waals surface area contributed by atoms with Gasteiger partial charge in [-0.05, 0) is 33.8 Å². The van der Waals surface area contributed by atoms with Crippen LogP contribution in [0, 0.1) is 0 Å². The first-order valence-corrected chi connectivity index (χ1v) is 5.47. The minimum absolute atomic E-state index is 0. The molecule has 1 rings (SSSR count). The second-order valence-corrected chi connectivity index (χ2v) is 3.22. The molecule has 0 aliphatic rings. The van der Waals surface area contributed by atoms with Gasteiger partial charge in [-0.15, -0.1) is 0 Å². The molecular weight excluding hydrogens is 196 g/mol. The van der Waals surface area contributed by atoms with Gasteiger partial charge in [-0.2, -0.15) is 0 Å². The molecule has 0 aliphatic heterocycles. The van der Waals surface area contributed by atoms with Crippen LogP contribution in [0.2, 0.25) is 0 Å². The van der Waals surface area contributed by atoms with Crippen molar-refractivity contribution in [2.45, 2.75) is 27.8 Å². The van der Waals surface area contributed by atoms with Gasteiger partial charge < -0.3 is 10.2 Å². The van der Waals surface area contributed by atoms with Gasteiger partial charge in [-0.3, -0.25) is 0 Å². The van der Waals surface area contributed by atoms with Crippen LogP contribution in [0.25, 0.3) is 0 Å². The van der Waals surface area contributed by atoms with E-state index >= 15 is 0 Å². The molecule has 0 bridgehead atoms. The van der Waals surface area contributed by atoms with Crippen molar-refractivity contribution in [2.24, 2.45) is 0 Å². The molecule has 2 nitrogen and oxygen atoms in total. The lowest BCUT2D eigenvalue weighted by molar-refractivity contribution is 0.402. The Morgan fingerprint density at radius 3 is 1.69 bits per heavy atom. The average molecular weight is 226 g/mol. The van der Waals surface area contributed by atoms with Crippen LogP contribution in [0.15, 0.2) is 30.3 Å². The minimum atomic E-state index is 0.